The Kier molecular flexibility index (Phi) is 12.0. The predicted molar refractivity (Wildman–Crippen MR) is 212 cm³/mol. The Hall–Kier alpha value is -4.40. The normalized spacial score (nSPS) is 17.0. The third-order valence-electron chi connectivity index (χ3n) is 10.6. The molecule has 1 unspecified atom stereocenters. The topological polar surface area (TPSA) is 154 Å². The largest absolute Gasteiger partial charge is 0.464 e. The van der Waals surface area contributed by atoms with E-state index in [4.69, 9.17) is 14.8 Å². The van der Waals surface area contributed by atoms with Crippen molar-refractivity contribution in [3.05, 3.63) is 53.0 Å². The first-order chi connectivity index (χ1) is 25.8. The van der Waals surface area contributed by atoms with Gasteiger partial charge in [-0.15, -0.1) is 10.2 Å². The van der Waals surface area contributed by atoms with E-state index in [0.29, 0.717) is 48.3 Å². The van der Waals surface area contributed by atoms with Gasteiger partial charge >= 0.3 is 5.97 Å². The van der Waals surface area contributed by atoms with E-state index in [9.17, 15) is 13.2 Å². The van der Waals surface area contributed by atoms with Gasteiger partial charge in [-0.2, -0.15) is 24.5 Å². The molecule has 292 valence electrons. The van der Waals surface area contributed by atoms with Gasteiger partial charge in [-0.3, -0.25) is 4.79 Å². The van der Waals surface area contributed by atoms with Crippen LogP contribution in [-0.4, -0.2) is 91.3 Å². The quantitative estimate of drug-likeness (QED) is 0.0920. The lowest BCUT2D eigenvalue weighted by atomic mass is 9.92. The summed E-state index contributed by atoms with van der Waals surface area (Å²) in [6, 6.07) is 8.19. The van der Waals surface area contributed by atoms with Crippen LogP contribution in [-0.2, 0) is 38.3 Å². The highest BCUT2D eigenvalue weighted by Gasteiger charge is 2.36. The molecule has 14 nitrogen and oxygen atoms in total. The van der Waals surface area contributed by atoms with Crippen LogP contribution in [0.15, 0.2) is 34.4 Å². The van der Waals surface area contributed by atoms with Crippen molar-refractivity contribution >= 4 is 44.3 Å². The van der Waals surface area contributed by atoms with Gasteiger partial charge in [-0.1, -0.05) is 70.4 Å². The molecular formula is C39H56N10O4S. The van der Waals surface area contributed by atoms with E-state index in [-0.39, 0.29) is 30.0 Å². The van der Waals surface area contributed by atoms with Gasteiger partial charge in [0.15, 0.2) is 21.3 Å². The maximum atomic E-state index is 13.9. The number of carbonyl (C=O) groups excluding carboxylic acids is 1. The van der Waals surface area contributed by atoms with Gasteiger partial charge in [0.25, 0.3) is 0 Å². The number of aryl methyl sites for hydroxylation is 3. The molecule has 1 fully saturated rings. The Morgan fingerprint density at radius 2 is 1.61 bits per heavy atom. The van der Waals surface area contributed by atoms with Crippen molar-refractivity contribution in [2.75, 3.05) is 36.1 Å². The Labute approximate surface area is 319 Å². The van der Waals surface area contributed by atoms with Gasteiger partial charge in [0, 0.05) is 25.8 Å². The van der Waals surface area contributed by atoms with Crippen LogP contribution in [0.1, 0.15) is 114 Å². The fourth-order valence-electron chi connectivity index (χ4n) is 7.37. The fourth-order valence-corrected chi connectivity index (χ4v) is 8.57. The Bertz CT molecular complexity index is 2110. The second kappa shape index (κ2) is 16.5. The SMILES string of the molecule is CCCCCCCCCCC(Cc1ccc(N2CCS(=O)(=O)CC2)cc1)C(=O)OCC(C)(C)c1nnc2n1N=C(C)C2=Nc1c(C)nn2c(C)nn(C)c12. The second-order valence-corrected chi connectivity index (χ2v) is 17.9. The van der Waals surface area contributed by atoms with Crippen molar-refractivity contribution in [2.24, 2.45) is 23.1 Å². The summed E-state index contributed by atoms with van der Waals surface area (Å²) in [6.45, 7) is 13.0. The van der Waals surface area contributed by atoms with Crippen molar-refractivity contribution in [1.82, 2.24) is 34.3 Å². The minimum absolute atomic E-state index is 0.118. The summed E-state index contributed by atoms with van der Waals surface area (Å²) in [7, 11) is -1.08. The molecule has 2 aliphatic rings. The summed E-state index contributed by atoms with van der Waals surface area (Å²) in [6.07, 6.45) is 10.9. The minimum Gasteiger partial charge on any atom is -0.464 e. The lowest BCUT2D eigenvalue weighted by molar-refractivity contribution is -0.150. The Balaban J connectivity index is 1.13. The minimum atomic E-state index is -2.95. The summed E-state index contributed by atoms with van der Waals surface area (Å²) < 4.78 is 35.2. The fraction of sp³-hybridized carbons (Fsp3) is 0.615. The number of carbonyl (C=O) groups is 1. The number of hydrogen-bond acceptors (Lipinski definition) is 11. The van der Waals surface area contributed by atoms with Crippen molar-refractivity contribution in [3.8, 4) is 0 Å². The molecule has 0 radical (unpaired) electrons. The number of benzene rings is 1. The number of fused-ring (bicyclic) bond motifs is 2. The predicted octanol–water partition coefficient (Wildman–Crippen LogP) is 6.08. The van der Waals surface area contributed by atoms with Crippen LogP contribution >= 0.6 is 0 Å². The molecule has 4 aromatic rings. The standard InChI is InChI=1S/C39H56N10O4S/c1-8-9-10-11-12-13-14-15-16-31(25-30-17-19-32(20-18-30)47-21-23-54(51,52)24-22-47)37(50)53-26-39(5,6)38-42-41-35-33(27(2)44-49(35)38)40-34-28(3)43-48-29(4)45-46(7)36(34)48/h17-20,31H,8-16,21-26H2,1-7H3. The van der Waals surface area contributed by atoms with Crippen LogP contribution in [0.5, 0.6) is 0 Å². The highest BCUT2D eigenvalue weighted by molar-refractivity contribution is 7.91. The van der Waals surface area contributed by atoms with E-state index in [0.717, 1.165) is 47.7 Å². The molecule has 0 bridgehead atoms. The first-order valence-electron chi connectivity index (χ1n) is 19.5. The number of anilines is 1. The number of sulfone groups is 1. The molecular weight excluding hydrogens is 705 g/mol. The average Bonchev–Trinajstić information content (AvgIpc) is 3.86. The Morgan fingerprint density at radius 3 is 2.30 bits per heavy atom. The Morgan fingerprint density at radius 1 is 0.944 bits per heavy atom. The number of ether oxygens (including phenoxy) is 1. The molecule has 1 aromatic carbocycles. The van der Waals surface area contributed by atoms with Crippen LogP contribution in [0.25, 0.3) is 5.65 Å². The maximum Gasteiger partial charge on any atom is 0.309 e. The zero-order chi connectivity index (χ0) is 38.6. The maximum absolute atomic E-state index is 13.9. The first kappa shape index (κ1) is 39.3. The van der Waals surface area contributed by atoms with Gasteiger partial charge in [-0.25, -0.2) is 18.1 Å². The molecule has 5 heterocycles. The van der Waals surface area contributed by atoms with E-state index >= 15 is 0 Å². The molecule has 2 aliphatic heterocycles. The zero-order valence-electron chi connectivity index (χ0n) is 33.0. The highest BCUT2D eigenvalue weighted by Crippen LogP contribution is 2.31. The summed E-state index contributed by atoms with van der Waals surface area (Å²) >= 11 is 0. The molecule has 0 N–H and O–H groups in total. The van der Waals surface area contributed by atoms with Gasteiger partial charge in [0.2, 0.25) is 5.82 Å². The molecule has 3 aromatic heterocycles. The number of aliphatic imine (C=N–C) groups is 1. The van der Waals surface area contributed by atoms with Crippen LogP contribution in [0.3, 0.4) is 0 Å². The third-order valence-corrected chi connectivity index (χ3v) is 12.2. The molecule has 54 heavy (non-hydrogen) atoms. The highest BCUT2D eigenvalue weighted by atomic mass is 32.2. The average molecular weight is 761 g/mol. The van der Waals surface area contributed by atoms with Crippen molar-refractivity contribution in [2.45, 2.75) is 111 Å². The number of esters is 1. The molecule has 0 aliphatic carbocycles. The smallest absolute Gasteiger partial charge is 0.309 e. The summed E-state index contributed by atoms with van der Waals surface area (Å²) in [5.74, 6) is 1.73. The lowest BCUT2D eigenvalue weighted by Gasteiger charge is -2.29. The van der Waals surface area contributed by atoms with Crippen LogP contribution in [0.2, 0.25) is 0 Å². The molecule has 6 rings (SSSR count). The number of nitrogens with zero attached hydrogens (tertiary/aromatic N) is 10. The first-order valence-corrected chi connectivity index (χ1v) is 21.3. The second-order valence-electron chi connectivity index (χ2n) is 15.6. The van der Waals surface area contributed by atoms with E-state index in [1.54, 1.807) is 13.9 Å². The van der Waals surface area contributed by atoms with Gasteiger partial charge in [0.1, 0.15) is 23.8 Å². The van der Waals surface area contributed by atoms with Gasteiger partial charge in [0.05, 0.1) is 34.2 Å². The number of aromatic nitrogens is 7. The van der Waals surface area contributed by atoms with Crippen molar-refractivity contribution in [3.63, 3.8) is 0 Å². The van der Waals surface area contributed by atoms with Gasteiger partial charge in [-0.05, 0) is 65.2 Å². The molecule has 0 amide bonds. The van der Waals surface area contributed by atoms with Crippen molar-refractivity contribution in [1.29, 1.82) is 0 Å². The third kappa shape index (κ3) is 8.76. The summed E-state index contributed by atoms with van der Waals surface area (Å²) in [4.78, 5) is 21.0. The lowest BCUT2D eigenvalue weighted by Crippen LogP contribution is -2.40. The molecule has 0 spiro atoms. The van der Waals surface area contributed by atoms with Gasteiger partial charge < -0.3 is 9.64 Å². The number of hydrogen-bond donors (Lipinski definition) is 0. The number of rotatable bonds is 17. The molecule has 15 heteroatoms. The van der Waals surface area contributed by atoms with Crippen molar-refractivity contribution < 1.29 is 17.9 Å². The van der Waals surface area contributed by atoms with E-state index < -0.39 is 15.3 Å². The van der Waals surface area contributed by atoms with E-state index in [1.165, 1.54) is 38.5 Å². The molecule has 0 saturated carbocycles. The summed E-state index contributed by atoms with van der Waals surface area (Å²) in [5, 5.41) is 22.9. The number of unbranched alkanes of at least 4 members (excludes halogenated alkanes) is 7. The van der Waals surface area contributed by atoms with E-state index in [2.05, 4.69) is 44.4 Å². The van der Waals surface area contributed by atoms with Crippen LogP contribution < -0.4 is 4.90 Å². The molecule has 1 atom stereocenters. The van der Waals surface area contributed by atoms with Crippen LogP contribution in [0.4, 0.5) is 11.4 Å². The monoisotopic (exact) mass is 760 g/mol. The molecule has 1 saturated heterocycles. The zero-order valence-corrected chi connectivity index (χ0v) is 33.8. The van der Waals surface area contributed by atoms with Crippen LogP contribution in [0, 0.1) is 19.8 Å². The summed E-state index contributed by atoms with van der Waals surface area (Å²) in [5.41, 5.74) is 4.95. The van der Waals surface area contributed by atoms with E-state index in [1.807, 2.05) is 53.8 Å².